The van der Waals surface area contributed by atoms with Crippen LogP contribution in [-0.2, 0) is 11.4 Å². The molecule has 192 valence electrons. The van der Waals surface area contributed by atoms with Crippen LogP contribution in [0, 0.1) is 0 Å². The second-order valence-electron chi connectivity index (χ2n) is 9.40. The number of carbonyl (C=O) groups excluding carboxylic acids is 2. The Morgan fingerprint density at radius 1 is 1.00 bits per heavy atom. The molecule has 2 aliphatic rings. The Morgan fingerprint density at radius 3 is 2.72 bits per heavy atom. The lowest BCUT2D eigenvalue weighted by Gasteiger charge is -2.28. The fourth-order valence-electron chi connectivity index (χ4n) is 5.28. The minimum atomic E-state index is -0.298. The first-order valence-corrected chi connectivity index (χ1v) is 13.4. The molecule has 0 bridgehead atoms. The number of ether oxygens (including phenoxy) is 2. The lowest BCUT2D eigenvalue weighted by molar-refractivity contribution is -0.121. The summed E-state index contributed by atoms with van der Waals surface area (Å²) in [5.74, 6) is 1.13. The maximum atomic E-state index is 14.0. The summed E-state index contributed by atoms with van der Waals surface area (Å²) in [6.07, 6.45) is 1.78. The van der Waals surface area contributed by atoms with E-state index in [2.05, 4.69) is 15.9 Å². The Labute approximate surface area is 232 Å². The zero-order valence-corrected chi connectivity index (χ0v) is 22.4. The zero-order valence-electron chi connectivity index (χ0n) is 20.9. The van der Waals surface area contributed by atoms with E-state index in [0.29, 0.717) is 41.3 Å². The van der Waals surface area contributed by atoms with E-state index in [9.17, 15) is 9.59 Å². The molecule has 39 heavy (non-hydrogen) atoms. The topological polar surface area (TPSA) is 81.9 Å². The number of pyridine rings is 1. The SMILES string of the molecule is CCN1C(=O)COc2ccc(C(=O)c3oc4ccc(Br)cc4c3-c3cnc4c(c3)COc3ccccc3-4)cc21. The van der Waals surface area contributed by atoms with Gasteiger partial charge >= 0.3 is 0 Å². The highest BCUT2D eigenvalue weighted by molar-refractivity contribution is 9.10. The van der Waals surface area contributed by atoms with Crippen molar-refractivity contribution >= 4 is 44.3 Å². The maximum Gasteiger partial charge on any atom is 0.265 e. The van der Waals surface area contributed by atoms with Crippen LogP contribution in [-0.4, -0.2) is 29.8 Å². The Hall–Kier alpha value is -4.43. The van der Waals surface area contributed by atoms with E-state index in [1.165, 1.54) is 0 Å². The lowest BCUT2D eigenvalue weighted by atomic mass is 9.95. The number of likely N-dealkylation sites (N-methyl/N-ethyl adjacent to an activating group) is 1. The predicted molar refractivity (Wildman–Crippen MR) is 150 cm³/mol. The summed E-state index contributed by atoms with van der Waals surface area (Å²) in [6.45, 7) is 2.72. The molecule has 3 aromatic carbocycles. The van der Waals surface area contributed by atoms with E-state index >= 15 is 0 Å². The van der Waals surface area contributed by atoms with Gasteiger partial charge in [0.05, 0.1) is 11.4 Å². The Kier molecular flexibility index (Phi) is 5.52. The number of anilines is 1. The summed E-state index contributed by atoms with van der Waals surface area (Å²) in [6, 6.07) is 20.6. The van der Waals surface area contributed by atoms with E-state index in [4.69, 9.17) is 18.9 Å². The fraction of sp³-hybridized carbons (Fsp3) is 0.129. The van der Waals surface area contributed by atoms with Gasteiger partial charge in [0.2, 0.25) is 5.78 Å². The molecule has 1 amide bonds. The summed E-state index contributed by atoms with van der Waals surface area (Å²) >= 11 is 3.56. The highest BCUT2D eigenvalue weighted by atomic mass is 79.9. The molecule has 7 nitrogen and oxygen atoms in total. The third-order valence-electron chi connectivity index (χ3n) is 7.12. The summed E-state index contributed by atoms with van der Waals surface area (Å²) in [5, 5.41) is 0.790. The van der Waals surface area contributed by atoms with Crippen molar-refractivity contribution in [3.05, 3.63) is 94.3 Å². The Morgan fingerprint density at radius 2 is 1.85 bits per heavy atom. The van der Waals surface area contributed by atoms with Gasteiger partial charge in [-0.05, 0) is 61.5 Å². The smallest absolute Gasteiger partial charge is 0.265 e. The van der Waals surface area contributed by atoms with Crippen molar-refractivity contribution in [3.8, 4) is 33.9 Å². The second-order valence-corrected chi connectivity index (χ2v) is 10.3. The van der Waals surface area contributed by atoms with E-state index in [0.717, 1.165) is 38.0 Å². The fourth-order valence-corrected chi connectivity index (χ4v) is 5.64. The minimum Gasteiger partial charge on any atom is -0.488 e. The van der Waals surface area contributed by atoms with Gasteiger partial charge in [0.15, 0.2) is 12.4 Å². The first-order valence-electron chi connectivity index (χ1n) is 12.6. The minimum absolute atomic E-state index is 0.0176. The average molecular weight is 581 g/mol. The number of carbonyl (C=O) groups is 2. The first-order chi connectivity index (χ1) is 19.0. The normalized spacial score (nSPS) is 13.8. The van der Waals surface area contributed by atoms with Crippen LogP contribution in [0.25, 0.3) is 33.4 Å². The van der Waals surface area contributed by atoms with Gasteiger partial charge in [-0.1, -0.05) is 28.1 Å². The summed E-state index contributed by atoms with van der Waals surface area (Å²) in [5.41, 5.74) is 5.69. The molecule has 0 aliphatic carbocycles. The largest absolute Gasteiger partial charge is 0.488 e. The van der Waals surface area contributed by atoms with Crippen molar-refractivity contribution < 1.29 is 23.5 Å². The van der Waals surface area contributed by atoms with Gasteiger partial charge in [0.1, 0.15) is 23.7 Å². The van der Waals surface area contributed by atoms with Crippen LogP contribution >= 0.6 is 15.9 Å². The molecule has 0 N–H and O–H groups in total. The van der Waals surface area contributed by atoms with Gasteiger partial charge in [-0.15, -0.1) is 0 Å². The number of benzene rings is 3. The highest BCUT2D eigenvalue weighted by Crippen LogP contribution is 2.42. The van der Waals surface area contributed by atoms with E-state index in [1.54, 1.807) is 29.3 Å². The number of ketones is 1. The van der Waals surface area contributed by atoms with E-state index in [1.807, 2.05) is 55.5 Å². The van der Waals surface area contributed by atoms with Crippen molar-refractivity contribution in [1.29, 1.82) is 0 Å². The van der Waals surface area contributed by atoms with Gasteiger partial charge in [0, 0.05) is 50.4 Å². The number of amides is 1. The molecule has 0 unspecified atom stereocenters. The number of rotatable bonds is 4. The molecule has 2 aromatic heterocycles. The molecule has 4 heterocycles. The van der Waals surface area contributed by atoms with Gasteiger partial charge in [-0.25, -0.2) is 0 Å². The van der Waals surface area contributed by atoms with Gasteiger partial charge in [0.25, 0.3) is 5.91 Å². The van der Waals surface area contributed by atoms with Crippen molar-refractivity contribution in [2.45, 2.75) is 13.5 Å². The van der Waals surface area contributed by atoms with Gasteiger partial charge in [-0.2, -0.15) is 0 Å². The molecular formula is C31H21BrN2O5. The highest BCUT2D eigenvalue weighted by Gasteiger charge is 2.29. The predicted octanol–water partition coefficient (Wildman–Crippen LogP) is 6.79. The monoisotopic (exact) mass is 580 g/mol. The zero-order chi connectivity index (χ0) is 26.7. The molecule has 7 rings (SSSR count). The van der Waals surface area contributed by atoms with Gasteiger partial charge in [-0.3, -0.25) is 14.6 Å². The molecule has 0 spiro atoms. The third kappa shape index (κ3) is 3.82. The lowest BCUT2D eigenvalue weighted by Crippen LogP contribution is -2.38. The second kappa shape index (κ2) is 9.10. The van der Waals surface area contributed by atoms with Crippen LogP contribution in [0.2, 0.25) is 0 Å². The van der Waals surface area contributed by atoms with E-state index < -0.39 is 0 Å². The third-order valence-corrected chi connectivity index (χ3v) is 7.61. The maximum absolute atomic E-state index is 14.0. The van der Waals surface area contributed by atoms with Crippen LogP contribution in [0.1, 0.15) is 28.6 Å². The molecule has 8 heteroatoms. The molecule has 2 aliphatic heterocycles. The van der Waals surface area contributed by atoms with E-state index in [-0.39, 0.29) is 24.1 Å². The van der Waals surface area contributed by atoms with Crippen LogP contribution in [0.5, 0.6) is 11.5 Å². The summed E-state index contributed by atoms with van der Waals surface area (Å²) in [4.78, 5) is 32.8. The number of fused-ring (bicyclic) bond motifs is 5. The molecule has 0 fully saturated rings. The number of halogens is 1. The van der Waals surface area contributed by atoms with Gasteiger partial charge < -0.3 is 18.8 Å². The van der Waals surface area contributed by atoms with Crippen molar-refractivity contribution in [1.82, 2.24) is 4.98 Å². The average Bonchev–Trinajstić information content (AvgIpc) is 3.34. The molecule has 0 saturated heterocycles. The number of para-hydroxylation sites is 1. The molecular weight excluding hydrogens is 560 g/mol. The summed E-state index contributed by atoms with van der Waals surface area (Å²) < 4.78 is 18.6. The number of hydrogen-bond donors (Lipinski definition) is 0. The standard InChI is InChI=1S/C31H21BrN2O5/c1-2-34-23-12-17(7-9-26(23)38-16-27(34)35)30(36)31-28(22-13-20(32)8-10-25(22)39-31)18-11-19-15-37-24-6-4-3-5-21(24)29(19)33-14-18/h3-14H,2,15-16H2,1H3. The molecule has 0 radical (unpaired) electrons. The Bertz CT molecular complexity index is 1830. The number of hydrogen-bond acceptors (Lipinski definition) is 6. The number of nitrogens with zero attached hydrogens (tertiary/aromatic N) is 2. The summed E-state index contributed by atoms with van der Waals surface area (Å²) in [7, 11) is 0. The van der Waals surface area contributed by atoms with Crippen LogP contribution in [0.4, 0.5) is 5.69 Å². The van der Waals surface area contributed by atoms with Crippen LogP contribution < -0.4 is 14.4 Å². The quantitative estimate of drug-likeness (QED) is 0.218. The van der Waals surface area contributed by atoms with Crippen molar-refractivity contribution in [2.24, 2.45) is 0 Å². The Balaban J connectivity index is 1.38. The van der Waals surface area contributed by atoms with Crippen molar-refractivity contribution in [2.75, 3.05) is 18.1 Å². The molecule has 5 aromatic rings. The molecule has 0 saturated carbocycles. The number of aromatic nitrogens is 1. The van der Waals surface area contributed by atoms with Crippen LogP contribution in [0.15, 0.2) is 81.8 Å². The number of furan rings is 1. The first kappa shape index (κ1) is 23.7. The molecule has 0 atom stereocenters. The van der Waals surface area contributed by atoms with Crippen LogP contribution in [0.3, 0.4) is 0 Å². The van der Waals surface area contributed by atoms with Crippen molar-refractivity contribution in [3.63, 3.8) is 0 Å².